The predicted molar refractivity (Wildman–Crippen MR) is 47.9 cm³/mol. The van der Waals surface area contributed by atoms with Gasteiger partial charge in [0.1, 0.15) is 11.5 Å². The van der Waals surface area contributed by atoms with E-state index >= 15 is 0 Å². The molecule has 3 nitrogen and oxygen atoms in total. The van der Waals surface area contributed by atoms with Gasteiger partial charge in [0.05, 0.1) is 13.7 Å². The molecule has 0 atom stereocenters. The first kappa shape index (κ1) is 10.8. The van der Waals surface area contributed by atoms with Gasteiger partial charge in [-0.15, -0.1) is 0 Å². The minimum atomic E-state index is 0.0962. The average molecular weight is 170 g/mol. The summed E-state index contributed by atoms with van der Waals surface area (Å²) in [4.78, 5) is 0. The van der Waals surface area contributed by atoms with Crippen LogP contribution >= 0.6 is 0 Å². The van der Waals surface area contributed by atoms with Gasteiger partial charge in [-0.3, -0.25) is 0 Å². The fourth-order valence-electron chi connectivity index (χ4n) is 0.537. The molecule has 0 unspecified atom stereocenters. The molecule has 0 bridgehead atoms. The van der Waals surface area contributed by atoms with Crippen molar-refractivity contribution in [1.82, 2.24) is 0 Å². The number of hydrogen-bond acceptors (Lipinski definition) is 3. The Labute approximate surface area is 72.6 Å². The molecule has 0 spiro atoms. The molecule has 0 saturated heterocycles. The van der Waals surface area contributed by atoms with Crippen LogP contribution in [-0.4, -0.2) is 25.9 Å². The summed E-state index contributed by atoms with van der Waals surface area (Å²) in [7, 11) is 3.07. The van der Waals surface area contributed by atoms with Crippen molar-refractivity contribution >= 4 is 0 Å². The summed E-state index contributed by atoms with van der Waals surface area (Å²) in [6.07, 6.45) is 4.63. The Hall–Kier alpha value is -1.22. The van der Waals surface area contributed by atoms with Crippen LogP contribution in [-0.2, 0) is 9.47 Å². The summed E-state index contributed by atoms with van der Waals surface area (Å²) < 4.78 is 9.48. The second-order valence-electron chi connectivity index (χ2n) is 2.10. The highest BCUT2D eigenvalue weighted by atomic mass is 16.5. The predicted octanol–water partition coefficient (Wildman–Crippen LogP) is 1.79. The third-order valence-corrected chi connectivity index (χ3v) is 1.12. The van der Waals surface area contributed by atoms with Crippen LogP contribution in [0.15, 0.2) is 36.3 Å². The molecule has 68 valence electrons. The lowest BCUT2D eigenvalue weighted by Gasteiger charge is -1.96. The first-order chi connectivity index (χ1) is 5.70. The molecule has 1 N–H and O–H groups in total. The van der Waals surface area contributed by atoms with Crippen LogP contribution in [0.5, 0.6) is 0 Å². The van der Waals surface area contributed by atoms with Gasteiger partial charge in [0.25, 0.3) is 0 Å². The standard InChI is InChI=1S/C9H14O3/c1-8(12-3)7-9(10)5-4-6-11-2/h4-5,7,10H,1,6H2,2-3H3/b5-4-,9-7+. The molecular formula is C9H14O3. The molecule has 0 aromatic carbocycles. The Morgan fingerprint density at radius 1 is 1.50 bits per heavy atom. The SMILES string of the molecule is C=C(/C=C(O)\C=C/COC)OC. The molecule has 0 aliphatic carbocycles. The van der Waals surface area contributed by atoms with Gasteiger partial charge < -0.3 is 14.6 Å². The molecule has 0 fully saturated rings. The van der Waals surface area contributed by atoms with Crippen molar-refractivity contribution in [1.29, 1.82) is 0 Å². The summed E-state index contributed by atoms with van der Waals surface area (Å²) in [6, 6.07) is 0. The number of rotatable bonds is 5. The Morgan fingerprint density at radius 3 is 2.67 bits per heavy atom. The van der Waals surface area contributed by atoms with Gasteiger partial charge in [-0.1, -0.05) is 12.7 Å². The Kier molecular flexibility index (Phi) is 5.83. The van der Waals surface area contributed by atoms with Crippen molar-refractivity contribution < 1.29 is 14.6 Å². The van der Waals surface area contributed by atoms with E-state index in [1.807, 2.05) is 0 Å². The van der Waals surface area contributed by atoms with E-state index in [2.05, 4.69) is 6.58 Å². The fourth-order valence-corrected chi connectivity index (χ4v) is 0.537. The van der Waals surface area contributed by atoms with Crippen LogP contribution in [0.1, 0.15) is 0 Å². The zero-order valence-corrected chi connectivity index (χ0v) is 7.41. The number of allylic oxidation sites excluding steroid dienone is 2. The van der Waals surface area contributed by atoms with E-state index in [-0.39, 0.29) is 5.76 Å². The summed E-state index contributed by atoms with van der Waals surface area (Å²) in [6.45, 7) is 3.99. The molecule has 12 heavy (non-hydrogen) atoms. The molecule has 0 rings (SSSR count). The molecule has 0 heterocycles. The Morgan fingerprint density at radius 2 is 2.17 bits per heavy atom. The number of aliphatic hydroxyl groups excluding tert-OH is 1. The first-order valence-electron chi connectivity index (χ1n) is 3.49. The Balaban J connectivity index is 3.92. The zero-order valence-electron chi connectivity index (χ0n) is 7.41. The van der Waals surface area contributed by atoms with E-state index < -0.39 is 0 Å². The average Bonchev–Trinajstić information content (AvgIpc) is 2.05. The third-order valence-electron chi connectivity index (χ3n) is 1.12. The third kappa shape index (κ3) is 5.56. The largest absolute Gasteiger partial charge is 0.508 e. The van der Waals surface area contributed by atoms with Crippen molar-refractivity contribution in [3.05, 3.63) is 36.3 Å². The van der Waals surface area contributed by atoms with Crippen LogP contribution in [0.4, 0.5) is 0 Å². The molecule has 3 heteroatoms. The summed E-state index contributed by atoms with van der Waals surface area (Å²) >= 11 is 0. The summed E-state index contributed by atoms with van der Waals surface area (Å²) in [5.41, 5.74) is 0. The van der Waals surface area contributed by atoms with E-state index in [1.165, 1.54) is 19.3 Å². The molecule has 0 aliphatic rings. The van der Waals surface area contributed by atoms with Gasteiger partial charge in [0.2, 0.25) is 0 Å². The second-order valence-corrected chi connectivity index (χ2v) is 2.10. The van der Waals surface area contributed by atoms with Crippen molar-refractivity contribution in [3.8, 4) is 0 Å². The number of methoxy groups -OCH3 is 2. The van der Waals surface area contributed by atoms with Gasteiger partial charge in [0.15, 0.2) is 0 Å². The van der Waals surface area contributed by atoms with Crippen molar-refractivity contribution in [2.75, 3.05) is 20.8 Å². The smallest absolute Gasteiger partial charge is 0.119 e. The molecule has 0 radical (unpaired) electrons. The van der Waals surface area contributed by atoms with Crippen molar-refractivity contribution in [2.24, 2.45) is 0 Å². The van der Waals surface area contributed by atoms with E-state index in [0.29, 0.717) is 12.4 Å². The van der Waals surface area contributed by atoms with Gasteiger partial charge in [-0.25, -0.2) is 0 Å². The number of ether oxygens (including phenoxy) is 2. The molecule has 0 aromatic heterocycles. The van der Waals surface area contributed by atoms with Crippen LogP contribution in [0.3, 0.4) is 0 Å². The normalized spacial score (nSPS) is 12.0. The van der Waals surface area contributed by atoms with Gasteiger partial charge in [0, 0.05) is 13.2 Å². The Bertz CT molecular complexity index is 192. The first-order valence-corrected chi connectivity index (χ1v) is 3.49. The molecule has 0 aliphatic heterocycles. The highest BCUT2D eigenvalue weighted by Crippen LogP contribution is 1.99. The molecule has 0 amide bonds. The quantitative estimate of drug-likeness (QED) is 0.505. The van der Waals surface area contributed by atoms with Crippen molar-refractivity contribution in [3.63, 3.8) is 0 Å². The van der Waals surface area contributed by atoms with Gasteiger partial charge in [-0.05, 0) is 6.08 Å². The second kappa shape index (κ2) is 6.49. The lowest BCUT2D eigenvalue weighted by atomic mass is 10.3. The van der Waals surface area contributed by atoms with E-state index in [9.17, 15) is 0 Å². The maximum Gasteiger partial charge on any atom is 0.119 e. The summed E-state index contributed by atoms with van der Waals surface area (Å²) in [5, 5.41) is 9.16. The van der Waals surface area contributed by atoms with Gasteiger partial charge >= 0.3 is 0 Å². The maximum atomic E-state index is 9.16. The monoisotopic (exact) mass is 170 g/mol. The van der Waals surface area contributed by atoms with Crippen LogP contribution in [0, 0.1) is 0 Å². The van der Waals surface area contributed by atoms with Gasteiger partial charge in [-0.2, -0.15) is 0 Å². The highest BCUT2D eigenvalue weighted by molar-refractivity contribution is 5.19. The van der Waals surface area contributed by atoms with Crippen LogP contribution in [0.25, 0.3) is 0 Å². The minimum Gasteiger partial charge on any atom is -0.508 e. The van der Waals surface area contributed by atoms with Crippen molar-refractivity contribution in [2.45, 2.75) is 0 Å². The van der Waals surface area contributed by atoms with E-state index in [0.717, 1.165) is 0 Å². The fraction of sp³-hybridized carbons (Fsp3) is 0.333. The maximum absolute atomic E-state index is 9.16. The number of aliphatic hydroxyl groups is 1. The summed E-state index contributed by atoms with van der Waals surface area (Å²) in [5.74, 6) is 0.508. The van der Waals surface area contributed by atoms with Crippen LogP contribution < -0.4 is 0 Å². The molecular weight excluding hydrogens is 156 g/mol. The van der Waals surface area contributed by atoms with E-state index in [4.69, 9.17) is 14.6 Å². The topological polar surface area (TPSA) is 38.7 Å². The van der Waals surface area contributed by atoms with E-state index in [1.54, 1.807) is 13.2 Å². The number of hydrogen-bond donors (Lipinski definition) is 1. The lowest BCUT2D eigenvalue weighted by Crippen LogP contribution is -1.84. The zero-order chi connectivity index (χ0) is 9.40. The minimum absolute atomic E-state index is 0.0962. The highest BCUT2D eigenvalue weighted by Gasteiger charge is 1.88. The molecule has 0 saturated carbocycles. The van der Waals surface area contributed by atoms with Crippen LogP contribution in [0.2, 0.25) is 0 Å². The molecule has 0 aromatic rings. The lowest BCUT2D eigenvalue weighted by molar-refractivity contribution is 0.233.